The Hall–Kier alpha value is -2.03. The van der Waals surface area contributed by atoms with Crippen molar-refractivity contribution < 1.29 is 28.2 Å². The summed E-state index contributed by atoms with van der Waals surface area (Å²) in [6.45, 7) is 0.845. The summed E-state index contributed by atoms with van der Waals surface area (Å²) in [6.07, 6.45) is -0.795. The smallest absolute Gasteiger partial charge is 0.350 e. The Balaban J connectivity index is 2.00. The molecule has 1 aliphatic heterocycles. The molecule has 8 heteroatoms. The van der Waals surface area contributed by atoms with Gasteiger partial charge in [0.1, 0.15) is 10.7 Å². The van der Waals surface area contributed by atoms with Gasteiger partial charge in [-0.3, -0.25) is 4.79 Å². The monoisotopic (exact) mass is 339 g/mol. The van der Waals surface area contributed by atoms with E-state index in [4.69, 9.17) is 14.2 Å². The number of methoxy groups -OCH3 is 1. The minimum Gasteiger partial charge on any atom is -0.465 e. The van der Waals surface area contributed by atoms with Gasteiger partial charge in [0.15, 0.2) is 6.10 Å². The van der Waals surface area contributed by atoms with Crippen LogP contribution in [0, 0.1) is 5.82 Å². The number of thiophene rings is 1. The molecule has 1 aromatic heterocycles. The molecule has 122 valence electrons. The van der Waals surface area contributed by atoms with Crippen LogP contribution in [0.15, 0.2) is 18.2 Å². The number of carbonyl (C=O) groups is 2. The molecule has 23 heavy (non-hydrogen) atoms. The summed E-state index contributed by atoms with van der Waals surface area (Å²) in [7, 11) is 1.23. The zero-order valence-electron chi connectivity index (χ0n) is 12.3. The number of esters is 1. The largest absolute Gasteiger partial charge is 0.465 e. The van der Waals surface area contributed by atoms with E-state index in [1.54, 1.807) is 12.1 Å². The molecular formula is C15H14FNO5S. The Morgan fingerprint density at radius 2 is 2.22 bits per heavy atom. The maximum Gasteiger partial charge on any atom is 0.350 e. The first-order chi connectivity index (χ1) is 11.1. The molecule has 1 saturated heterocycles. The first-order valence-electron chi connectivity index (χ1n) is 6.91. The van der Waals surface area contributed by atoms with Gasteiger partial charge in [0.05, 0.1) is 38.0 Å². The van der Waals surface area contributed by atoms with Gasteiger partial charge in [-0.25, -0.2) is 9.18 Å². The number of nitrogens with one attached hydrogen (secondary N) is 1. The van der Waals surface area contributed by atoms with Gasteiger partial charge in [-0.2, -0.15) is 0 Å². The van der Waals surface area contributed by atoms with Gasteiger partial charge in [-0.15, -0.1) is 11.3 Å². The zero-order chi connectivity index (χ0) is 16.4. The number of ether oxygens (including phenoxy) is 3. The molecule has 1 N–H and O–H groups in total. The number of amides is 1. The molecule has 0 radical (unpaired) electrons. The second-order valence-corrected chi connectivity index (χ2v) is 5.89. The van der Waals surface area contributed by atoms with E-state index in [1.165, 1.54) is 13.2 Å². The van der Waals surface area contributed by atoms with Crippen LogP contribution in [0.5, 0.6) is 0 Å². The lowest BCUT2D eigenvalue weighted by Gasteiger charge is -2.22. The second-order valence-electron chi connectivity index (χ2n) is 4.83. The molecule has 0 bridgehead atoms. The quantitative estimate of drug-likeness (QED) is 0.868. The van der Waals surface area contributed by atoms with Crippen molar-refractivity contribution in [1.82, 2.24) is 0 Å². The Morgan fingerprint density at radius 3 is 2.91 bits per heavy atom. The topological polar surface area (TPSA) is 73.9 Å². The normalized spacial score (nSPS) is 17.9. The van der Waals surface area contributed by atoms with Crippen molar-refractivity contribution >= 4 is 39.0 Å². The highest BCUT2D eigenvalue weighted by Crippen LogP contribution is 2.38. The molecule has 6 nitrogen and oxygen atoms in total. The fourth-order valence-corrected chi connectivity index (χ4v) is 3.40. The molecule has 0 aliphatic carbocycles. The molecule has 1 aliphatic rings. The van der Waals surface area contributed by atoms with Crippen LogP contribution in [0.2, 0.25) is 0 Å². The summed E-state index contributed by atoms with van der Waals surface area (Å²) in [4.78, 5) is 24.4. The molecule has 1 unspecified atom stereocenters. The highest BCUT2D eigenvalue weighted by molar-refractivity contribution is 7.21. The van der Waals surface area contributed by atoms with Crippen LogP contribution >= 0.6 is 11.3 Å². The predicted octanol–water partition coefficient (Wildman–Crippen LogP) is 2.18. The average Bonchev–Trinajstić information content (AvgIpc) is 2.95. The molecule has 1 amide bonds. The van der Waals surface area contributed by atoms with Gasteiger partial charge in [0.2, 0.25) is 0 Å². The molecule has 2 aromatic rings. The number of hydrogen-bond acceptors (Lipinski definition) is 6. The summed E-state index contributed by atoms with van der Waals surface area (Å²) < 4.78 is 29.9. The fourth-order valence-electron chi connectivity index (χ4n) is 2.31. The lowest BCUT2D eigenvalue weighted by molar-refractivity contribution is -0.142. The molecule has 2 heterocycles. The van der Waals surface area contributed by atoms with Crippen molar-refractivity contribution in [2.45, 2.75) is 6.10 Å². The molecule has 1 aromatic carbocycles. The van der Waals surface area contributed by atoms with Crippen LogP contribution in [0.3, 0.4) is 0 Å². The molecule has 3 rings (SSSR count). The average molecular weight is 339 g/mol. The van der Waals surface area contributed by atoms with Crippen LogP contribution in [0.4, 0.5) is 10.1 Å². The van der Waals surface area contributed by atoms with Crippen molar-refractivity contribution in [3.05, 3.63) is 28.9 Å². The van der Waals surface area contributed by atoms with Crippen molar-refractivity contribution in [3.63, 3.8) is 0 Å². The number of anilines is 1. The van der Waals surface area contributed by atoms with E-state index in [2.05, 4.69) is 5.32 Å². The summed E-state index contributed by atoms with van der Waals surface area (Å²) in [5, 5.41) is 2.77. The highest BCUT2D eigenvalue weighted by Gasteiger charge is 2.27. The molecule has 0 saturated carbocycles. The van der Waals surface area contributed by atoms with Crippen molar-refractivity contribution in [1.29, 1.82) is 0 Å². The standard InChI is InChI=1S/C15H14FNO5S/c1-20-15(19)13-12(11-8(16)3-2-4-10(11)23-13)17-14(18)9-7-21-5-6-22-9/h2-4,9H,5-7H2,1H3,(H,17,18). The summed E-state index contributed by atoms with van der Waals surface area (Å²) in [5.41, 5.74) is 0.106. The third-order valence-corrected chi connectivity index (χ3v) is 4.53. The van der Waals surface area contributed by atoms with Gasteiger partial charge in [0, 0.05) is 4.70 Å². The first kappa shape index (κ1) is 15.9. The van der Waals surface area contributed by atoms with Crippen LogP contribution in [-0.4, -0.2) is 44.9 Å². The number of rotatable bonds is 3. The number of halogens is 1. The minimum absolute atomic E-state index is 0.106. The van der Waals surface area contributed by atoms with E-state index in [0.29, 0.717) is 17.9 Å². The Kier molecular flexibility index (Phi) is 4.56. The van der Waals surface area contributed by atoms with Gasteiger partial charge in [-0.05, 0) is 12.1 Å². The maximum atomic E-state index is 14.2. The number of carbonyl (C=O) groups excluding carboxylic acids is 2. The fraction of sp³-hybridized carbons (Fsp3) is 0.333. The van der Waals surface area contributed by atoms with Gasteiger partial charge < -0.3 is 19.5 Å². The van der Waals surface area contributed by atoms with Crippen LogP contribution in [-0.2, 0) is 19.0 Å². The van der Waals surface area contributed by atoms with E-state index < -0.39 is 23.8 Å². The van der Waals surface area contributed by atoms with Crippen LogP contribution in [0.1, 0.15) is 9.67 Å². The summed E-state index contributed by atoms with van der Waals surface area (Å²) in [6, 6.07) is 4.48. The van der Waals surface area contributed by atoms with Crippen LogP contribution in [0.25, 0.3) is 10.1 Å². The van der Waals surface area contributed by atoms with Crippen LogP contribution < -0.4 is 5.32 Å². The predicted molar refractivity (Wildman–Crippen MR) is 82.3 cm³/mol. The van der Waals surface area contributed by atoms with Gasteiger partial charge in [-0.1, -0.05) is 6.07 Å². The summed E-state index contributed by atoms with van der Waals surface area (Å²) in [5.74, 6) is -1.65. The highest BCUT2D eigenvalue weighted by atomic mass is 32.1. The lowest BCUT2D eigenvalue weighted by atomic mass is 10.2. The third kappa shape index (κ3) is 3.05. The zero-order valence-corrected chi connectivity index (χ0v) is 13.1. The Morgan fingerprint density at radius 1 is 1.39 bits per heavy atom. The first-order valence-corrected chi connectivity index (χ1v) is 7.73. The van der Waals surface area contributed by atoms with E-state index >= 15 is 0 Å². The Labute approximate surface area is 135 Å². The molecule has 1 fully saturated rings. The molecular weight excluding hydrogens is 325 g/mol. The van der Waals surface area contributed by atoms with E-state index in [1.807, 2.05) is 0 Å². The van der Waals surface area contributed by atoms with Crippen molar-refractivity contribution in [2.24, 2.45) is 0 Å². The maximum absolute atomic E-state index is 14.2. The summed E-state index contributed by atoms with van der Waals surface area (Å²) >= 11 is 1.06. The number of hydrogen-bond donors (Lipinski definition) is 1. The van der Waals surface area contributed by atoms with Crippen molar-refractivity contribution in [3.8, 4) is 0 Å². The SMILES string of the molecule is COC(=O)c1sc2cccc(F)c2c1NC(=O)C1COCCO1. The number of fused-ring (bicyclic) bond motifs is 1. The van der Waals surface area contributed by atoms with Gasteiger partial charge in [0.25, 0.3) is 5.91 Å². The van der Waals surface area contributed by atoms with E-state index in [0.717, 1.165) is 11.3 Å². The van der Waals surface area contributed by atoms with E-state index in [9.17, 15) is 14.0 Å². The minimum atomic E-state index is -0.795. The third-order valence-electron chi connectivity index (χ3n) is 3.39. The van der Waals surface area contributed by atoms with Crippen molar-refractivity contribution in [2.75, 3.05) is 32.2 Å². The lowest BCUT2D eigenvalue weighted by Crippen LogP contribution is -2.39. The molecule has 0 spiro atoms. The van der Waals surface area contributed by atoms with Gasteiger partial charge >= 0.3 is 5.97 Å². The molecule has 1 atom stereocenters. The Bertz CT molecular complexity index is 754. The second kappa shape index (κ2) is 6.61. The number of benzene rings is 1. The van der Waals surface area contributed by atoms with E-state index in [-0.39, 0.29) is 22.6 Å².